The molecule has 2 N–H and O–H groups in total. The summed E-state index contributed by atoms with van der Waals surface area (Å²) in [6.07, 6.45) is 7.40. The van der Waals surface area contributed by atoms with Crippen molar-refractivity contribution in [2.75, 3.05) is 42.5 Å². The fraction of sp³-hybridized carbons (Fsp3) is 0.667. The van der Waals surface area contributed by atoms with Gasteiger partial charge in [-0.3, -0.25) is 14.5 Å². The molecule has 4 rings (SSSR count). The van der Waals surface area contributed by atoms with Gasteiger partial charge in [-0.2, -0.15) is 4.98 Å². The zero-order valence-electron chi connectivity index (χ0n) is 15.0. The van der Waals surface area contributed by atoms with Crippen LogP contribution in [-0.4, -0.2) is 60.5 Å². The van der Waals surface area contributed by atoms with Gasteiger partial charge in [0.2, 0.25) is 5.95 Å². The van der Waals surface area contributed by atoms with Gasteiger partial charge >= 0.3 is 11.8 Å². The maximum atomic E-state index is 12.9. The Hall–Kier alpha value is -2.22. The quantitative estimate of drug-likeness (QED) is 0.736. The normalized spacial score (nSPS) is 22.5. The molecule has 8 heteroatoms. The monoisotopic (exact) mass is 358 g/mol. The van der Waals surface area contributed by atoms with Gasteiger partial charge < -0.3 is 15.5 Å². The van der Waals surface area contributed by atoms with Gasteiger partial charge in [-0.05, 0) is 25.7 Å². The van der Waals surface area contributed by atoms with Gasteiger partial charge in [0, 0.05) is 50.5 Å². The summed E-state index contributed by atoms with van der Waals surface area (Å²) in [5, 5.41) is 6.07. The van der Waals surface area contributed by atoms with Gasteiger partial charge in [0.25, 0.3) is 0 Å². The minimum Gasteiger partial charge on any atom is -0.348 e. The molecular formula is C18H26N6O2. The Morgan fingerprint density at radius 1 is 1.04 bits per heavy atom. The molecule has 0 spiro atoms. The first-order valence-corrected chi connectivity index (χ1v) is 9.67. The standard InChI is InChI=1S/C18H26N6O2/c25-16-17(26)24(14-5-1-2-6-14)15-13(4-3-7-20-16)12-21-18(22-15)23-10-8-19-9-11-23/h12,14,19H,1-11H2,(H,20,25). The Kier molecular flexibility index (Phi) is 5.01. The van der Waals surface area contributed by atoms with Crippen LogP contribution in [0.3, 0.4) is 0 Å². The zero-order valence-corrected chi connectivity index (χ0v) is 15.0. The van der Waals surface area contributed by atoms with E-state index in [1.165, 1.54) is 0 Å². The number of carbonyl (C=O) groups excluding carboxylic acids is 2. The number of amides is 2. The zero-order chi connectivity index (χ0) is 17.9. The van der Waals surface area contributed by atoms with E-state index in [2.05, 4.69) is 20.5 Å². The minimum absolute atomic E-state index is 0.0517. The number of piperazine rings is 1. The number of anilines is 2. The fourth-order valence-corrected chi connectivity index (χ4v) is 4.05. The minimum atomic E-state index is -0.521. The molecule has 8 nitrogen and oxygen atoms in total. The Morgan fingerprint density at radius 2 is 1.81 bits per heavy atom. The summed E-state index contributed by atoms with van der Waals surface area (Å²) >= 11 is 0. The highest BCUT2D eigenvalue weighted by Gasteiger charge is 2.35. The van der Waals surface area contributed by atoms with E-state index < -0.39 is 11.8 Å². The molecule has 0 unspecified atom stereocenters. The molecule has 3 aliphatic rings. The van der Waals surface area contributed by atoms with Gasteiger partial charge in [-0.15, -0.1) is 0 Å². The molecular weight excluding hydrogens is 332 g/mol. The molecule has 0 atom stereocenters. The van der Waals surface area contributed by atoms with Gasteiger partial charge in [0.15, 0.2) is 0 Å². The Bertz CT molecular complexity index is 682. The Labute approximate surface area is 153 Å². The number of aromatic nitrogens is 2. The lowest BCUT2D eigenvalue weighted by Gasteiger charge is -2.31. The molecule has 1 aromatic heterocycles. The van der Waals surface area contributed by atoms with Crippen molar-refractivity contribution in [2.24, 2.45) is 0 Å². The van der Waals surface area contributed by atoms with E-state index in [0.717, 1.165) is 70.3 Å². The van der Waals surface area contributed by atoms with Crippen LogP contribution in [0.25, 0.3) is 0 Å². The first-order chi connectivity index (χ1) is 12.7. The molecule has 2 aliphatic heterocycles. The van der Waals surface area contributed by atoms with E-state index in [4.69, 9.17) is 4.98 Å². The second kappa shape index (κ2) is 7.57. The molecule has 2 fully saturated rings. The van der Waals surface area contributed by atoms with E-state index in [0.29, 0.717) is 18.3 Å². The smallest absolute Gasteiger partial charge is 0.317 e. The summed E-state index contributed by atoms with van der Waals surface area (Å²) in [6, 6.07) is 0.0517. The van der Waals surface area contributed by atoms with Crippen molar-refractivity contribution in [3.8, 4) is 0 Å². The van der Waals surface area contributed by atoms with E-state index in [1.807, 2.05) is 6.20 Å². The van der Waals surface area contributed by atoms with Crippen LogP contribution in [0.1, 0.15) is 37.7 Å². The highest BCUT2D eigenvalue weighted by molar-refractivity contribution is 6.40. The van der Waals surface area contributed by atoms with Crippen molar-refractivity contribution in [1.82, 2.24) is 20.6 Å². The summed E-state index contributed by atoms with van der Waals surface area (Å²) in [6.45, 7) is 3.98. The second-order valence-corrected chi connectivity index (χ2v) is 7.23. The lowest BCUT2D eigenvalue weighted by molar-refractivity contribution is -0.137. The summed E-state index contributed by atoms with van der Waals surface area (Å²) in [7, 11) is 0. The van der Waals surface area contributed by atoms with Gasteiger partial charge in [-0.1, -0.05) is 12.8 Å². The summed E-state index contributed by atoms with van der Waals surface area (Å²) < 4.78 is 0. The number of fused-ring (bicyclic) bond motifs is 1. The predicted octanol–water partition coefficient (Wildman–Crippen LogP) is 0.224. The lowest BCUT2D eigenvalue weighted by Crippen LogP contribution is -2.48. The Morgan fingerprint density at radius 3 is 2.58 bits per heavy atom. The second-order valence-electron chi connectivity index (χ2n) is 7.23. The number of rotatable bonds is 2. The number of hydrogen-bond donors (Lipinski definition) is 2. The third-order valence-corrected chi connectivity index (χ3v) is 5.47. The van der Waals surface area contributed by atoms with Crippen LogP contribution in [0.5, 0.6) is 0 Å². The van der Waals surface area contributed by atoms with Crippen molar-refractivity contribution < 1.29 is 9.59 Å². The molecule has 0 aromatic carbocycles. The van der Waals surface area contributed by atoms with Crippen LogP contribution >= 0.6 is 0 Å². The number of hydrogen-bond acceptors (Lipinski definition) is 6. The van der Waals surface area contributed by atoms with E-state index in [1.54, 1.807) is 4.90 Å². The number of aryl methyl sites for hydroxylation is 1. The first kappa shape index (κ1) is 17.2. The van der Waals surface area contributed by atoms with Crippen LogP contribution in [0, 0.1) is 0 Å². The molecule has 2 amide bonds. The van der Waals surface area contributed by atoms with Crippen LogP contribution in [-0.2, 0) is 16.0 Å². The largest absolute Gasteiger partial charge is 0.348 e. The number of nitrogens with one attached hydrogen (secondary N) is 2. The topological polar surface area (TPSA) is 90.5 Å². The van der Waals surface area contributed by atoms with Crippen LogP contribution in [0.15, 0.2) is 6.20 Å². The van der Waals surface area contributed by atoms with Crippen LogP contribution in [0.2, 0.25) is 0 Å². The predicted molar refractivity (Wildman–Crippen MR) is 98.2 cm³/mol. The first-order valence-electron chi connectivity index (χ1n) is 9.67. The molecule has 1 aliphatic carbocycles. The average molecular weight is 358 g/mol. The highest BCUT2D eigenvalue weighted by Crippen LogP contribution is 2.31. The molecule has 0 radical (unpaired) electrons. The molecule has 3 heterocycles. The van der Waals surface area contributed by atoms with Crippen LogP contribution < -0.4 is 20.4 Å². The van der Waals surface area contributed by atoms with E-state index >= 15 is 0 Å². The lowest BCUT2D eigenvalue weighted by atomic mass is 10.1. The maximum absolute atomic E-state index is 12.9. The van der Waals surface area contributed by atoms with Gasteiger partial charge in [0.1, 0.15) is 5.82 Å². The third kappa shape index (κ3) is 3.38. The van der Waals surface area contributed by atoms with Crippen molar-refractivity contribution in [2.45, 2.75) is 44.6 Å². The third-order valence-electron chi connectivity index (χ3n) is 5.47. The fourth-order valence-electron chi connectivity index (χ4n) is 4.05. The molecule has 0 bridgehead atoms. The maximum Gasteiger partial charge on any atom is 0.317 e. The number of carbonyl (C=O) groups is 2. The summed E-state index contributed by atoms with van der Waals surface area (Å²) in [5.41, 5.74) is 0.959. The van der Waals surface area contributed by atoms with Gasteiger partial charge in [0.05, 0.1) is 0 Å². The SMILES string of the molecule is O=C1NCCCc2cnc(N3CCNCC3)nc2N(C2CCCC2)C1=O. The number of nitrogens with zero attached hydrogens (tertiary/aromatic N) is 4. The van der Waals surface area contributed by atoms with Crippen molar-refractivity contribution in [3.63, 3.8) is 0 Å². The molecule has 140 valence electrons. The van der Waals surface area contributed by atoms with Crippen LogP contribution in [0.4, 0.5) is 11.8 Å². The molecule has 1 aromatic rings. The summed E-state index contributed by atoms with van der Waals surface area (Å²) in [4.78, 5) is 38.4. The summed E-state index contributed by atoms with van der Waals surface area (Å²) in [5.74, 6) is 0.292. The van der Waals surface area contributed by atoms with E-state index in [-0.39, 0.29) is 6.04 Å². The molecule has 1 saturated heterocycles. The van der Waals surface area contributed by atoms with Gasteiger partial charge in [-0.25, -0.2) is 4.98 Å². The Balaban J connectivity index is 1.75. The van der Waals surface area contributed by atoms with Crippen molar-refractivity contribution in [1.29, 1.82) is 0 Å². The average Bonchev–Trinajstić information content (AvgIpc) is 3.21. The van der Waals surface area contributed by atoms with E-state index in [9.17, 15) is 9.59 Å². The molecule has 26 heavy (non-hydrogen) atoms. The highest BCUT2D eigenvalue weighted by atomic mass is 16.2. The van der Waals surface area contributed by atoms with Crippen molar-refractivity contribution in [3.05, 3.63) is 11.8 Å². The molecule has 1 saturated carbocycles. The van der Waals surface area contributed by atoms with Crippen molar-refractivity contribution >= 4 is 23.6 Å².